The molecule has 1 heterocycles. The maximum absolute atomic E-state index is 13.3. The molecule has 0 aliphatic carbocycles. The zero-order chi connectivity index (χ0) is 12.3. The number of rotatable bonds is 4. The van der Waals surface area contributed by atoms with Gasteiger partial charge in [0.2, 0.25) is 5.82 Å². The smallest absolute Gasteiger partial charge is 0.304 e. The van der Waals surface area contributed by atoms with Gasteiger partial charge in [0.25, 0.3) is 0 Å². The summed E-state index contributed by atoms with van der Waals surface area (Å²) in [6.45, 7) is 2.17. The number of anilines is 1. The largest absolute Gasteiger partial charge is 0.385 e. The Balaban J connectivity index is 1.97. The second-order valence-corrected chi connectivity index (χ2v) is 4.03. The van der Waals surface area contributed by atoms with Gasteiger partial charge in [-0.2, -0.15) is 4.39 Å². The Bertz CT molecular complexity index is 419. The quantitative estimate of drug-likeness (QED) is 0.647. The van der Waals surface area contributed by atoms with E-state index in [1.165, 1.54) is 12.1 Å². The minimum atomic E-state index is -0.817. The van der Waals surface area contributed by atoms with Crippen LogP contribution in [-0.2, 0) is 4.74 Å². The summed E-state index contributed by atoms with van der Waals surface area (Å²) in [6.07, 6.45) is 0.989. The summed E-state index contributed by atoms with van der Waals surface area (Å²) in [6, 6.07) is 3.83. The number of hydrogen-bond donors (Lipinski definition) is 1. The fourth-order valence-electron chi connectivity index (χ4n) is 1.77. The first-order chi connectivity index (χ1) is 8.16. The first kappa shape index (κ1) is 11.8. The van der Waals surface area contributed by atoms with Crippen LogP contribution in [0.1, 0.15) is 6.42 Å². The van der Waals surface area contributed by atoms with Crippen molar-refractivity contribution in [1.29, 1.82) is 0 Å². The van der Waals surface area contributed by atoms with E-state index < -0.39 is 16.4 Å². The normalized spacial score (nSPS) is 19.2. The van der Waals surface area contributed by atoms with Crippen molar-refractivity contribution in [2.45, 2.75) is 6.42 Å². The first-order valence-corrected chi connectivity index (χ1v) is 5.42. The Morgan fingerprint density at radius 2 is 2.41 bits per heavy atom. The molecule has 1 N–H and O–H groups in total. The first-order valence-electron chi connectivity index (χ1n) is 5.42. The van der Waals surface area contributed by atoms with E-state index in [4.69, 9.17) is 4.74 Å². The van der Waals surface area contributed by atoms with Crippen LogP contribution < -0.4 is 5.32 Å². The van der Waals surface area contributed by atoms with Crippen molar-refractivity contribution in [3.05, 3.63) is 34.1 Å². The maximum Gasteiger partial charge on any atom is 0.304 e. The number of halogens is 1. The lowest BCUT2D eigenvalue weighted by Crippen LogP contribution is -2.14. The summed E-state index contributed by atoms with van der Waals surface area (Å²) in [5.74, 6) is -0.393. The summed E-state index contributed by atoms with van der Waals surface area (Å²) in [5.41, 5.74) is 0.0553. The van der Waals surface area contributed by atoms with Gasteiger partial charge < -0.3 is 10.1 Å². The molecule has 92 valence electrons. The molecule has 1 aliphatic heterocycles. The van der Waals surface area contributed by atoms with E-state index in [-0.39, 0.29) is 0 Å². The number of nitro groups is 1. The van der Waals surface area contributed by atoms with Gasteiger partial charge in [-0.3, -0.25) is 10.1 Å². The van der Waals surface area contributed by atoms with E-state index >= 15 is 0 Å². The fraction of sp³-hybridized carbons (Fsp3) is 0.455. The highest BCUT2D eigenvalue weighted by Gasteiger charge is 2.17. The molecule has 0 radical (unpaired) electrons. The number of nitrogens with one attached hydrogen (secondary N) is 1. The molecule has 0 spiro atoms. The van der Waals surface area contributed by atoms with Crippen LogP contribution in [0.4, 0.5) is 15.8 Å². The number of nitrogens with zero attached hydrogens (tertiary/aromatic N) is 1. The van der Waals surface area contributed by atoms with Crippen LogP contribution >= 0.6 is 0 Å². The molecule has 0 bridgehead atoms. The molecule has 0 aromatic heterocycles. The van der Waals surface area contributed by atoms with Crippen LogP contribution in [0.5, 0.6) is 0 Å². The molecule has 1 atom stereocenters. The van der Waals surface area contributed by atoms with Crippen molar-refractivity contribution >= 4 is 11.4 Å². The SMILES string of the molecule is O=[N+]([O-])c1ccc(NCC2CCOC2)cc1F. The molecule has 1 unspecified atom stereocenters. The number of ether oxygens (including phenoxy) is 1. The monoisotopic (exact) mass is 240 g/mol. The van der Waals surface area contributed by atoms with Crippen molar-refractivity contribution in [2.75, 3.05) is 25.1 Å². The third-order valence-corrected chi connectivity index (χ3v) is 2.76. The average molecular weight is 240 g/mol. The highest BCUT2D eigenvalue weighted by molar-refractivity contribution is 5.49. The lowest BCUT2D eigenvalue weighted by Gasteiger charge is -2.10. The van der Waals surface area contributed by atoms with Gasteiger partial charge in [-0.25, -0.2) is 0 Å². The van der Waals surface area contributed by atoms with Crippen LogP contribution in [0.25, 0.3) is 0 Å². The lowest BCUT2D eigenvalue weighted by atomic mass is 10.1. The number of nitro benzene ring substituents is 1. The molecule has 1 saturated heterocycles. The van der Waals surface area contributed by atoms with E-state index in [0.717, 1.165) is 19.1 Å². The van der Waals surface area contributed by atoms with Crippen LogP contribution in [0.2, 0.25) is 0 Å². The lowest BCUT2D eigenvalue weighted by molar-refractivity contribution is -0.387. The van der Waals surface area contributed by atoms with Gasteiger partial charge in [-0.1, -0.05) is 0 Å². The van der Waals surface area contributed by atoms with Gasteiger partial charge >= 0.3 is 5.69 Å². The standard InChI is InChI=1S/C11H13FN2O3/c12-10-5-9(1-2-11(10)14(15)16)13-6-8-3-4-17-7-8/h1-2,5,8,13H,3-4,6-7H2. The minimum Gasteiger partial charge on any atom is -0.385 e. The van der Waals surface area contributed by atoms with E-state index in [2.05, 4.69) is 5.32 Å². The third-order valence-electron chi connectivity index (χ3n) is 2.76. The van der Waals surface area contributed by atoms with Gasteiger partial charge in [0.15, 0.2) is 0 Å². The molecule has 1 aliphatic rings. The molecule has 1 fully saturated rings. The van der Waals surface area contributed by atoms with Crippen molar-refractivity contribution in [1.82, 2.24) is 0 Å². The predicted octanol–water partition coefficient (Wildman–Crippen LogP) is 2.18. The zero-order valence-corrected chi connectivity index (χ0v) is 9.19. The molecule has 1 aromatic carbocycles. The summed E-state index contributed by atoms with van der Waals surface area (Å²) >= 11 is 0. The zero-order valence-electron chi connectivity index (χ0n) is 9.19. The molecule has 0 amide bonds. The third kappa shape index (κ3) is 2.91. The molecule has 0 saturated carbocycles. The van der Waals surface area contributed by atoms with E-state index in [1.807, 2.05) is 0 Å². The Hall–Kier alpha value is -1.69. The molecule has 6 heteroatoms. The van der Waals surface area contributed by atoms with Crippen molar-refractivity contribution in [3.63, 3.8) is 0 Å². The van der Waals surface area contributed by atoms with E-state index in [0.29, 0.717) is 24.8 Å². The molecule has 1 aromatic rings. The topological polar surface area (TPSA) is 64.4 Å². The summed E-state index contributed by atoms with van der Waals surface area (Å²) in [4.78, 5) is 9.70. The molecule has 2 rings (SSSR count). The highest BCUT2D eigenvalue weighted by atomic mass is 19.1. The minimum absolute atomic E-state index is 0.424. The molecule has 17 heavy (non-hydrogen) atoms. The Kier molecular flexibility index (Phi) is 3.53. The Morgan fingerprint density at radius 1 is 1.59 bits per heavy atom. The van der Waals surface area contributed by atoms with Crippen molar-refractivity contribution in [3.8, 4) is 0 Å². The second-order valence-electron chi connectivity index (χ2n) is 4.03. The molecule has 5 nitrogen and oxygen atoms in total. The molecular formula is C11H13FN2O3. The van der Waals surface area contributed by atoms with Gasteiger partial charge in [0.1, 0.15) is 0 Å². The summed E-state index contributed by atoms with van der Waals surface area (Å²) in [5, 5.41) is 13.5. The van der Waals surface area contributed by atoms with Crippen LogP contribution in [0.3, 0.4) is 0 Å². The van der Waals surface area contributed by atoms with Gasteiger partial charge in [-0.05, 0) is 12.5 Å². The van der Waals surface area contributed by atoms with Crippen molar-refractivity contribution < 1.29 is 14.1 Å². The van der Waals surface area contributed by atoms with Gasteiger partial charge in [0.05, 0.1) is 11.5 Å². The highest BCUT2D eigenvalue weighted by Crippen LogP contribution is 2.21. The van der Waals surface area contributed by atoms with Crippen LogP contribution in [0.15, 0.2) is 18.2 Å². The van der Waals surface area contributed by atoms with E-state index in [1.54, 1.807) is 0 Å². The maximum atomic E-state index is 13.3. The predicted molar refractivity (Wildman–Crippen MR) is 60.5 cm³/mol. The van der Waals surface area contributed by atoms with Crippen LogP contribution in [-0.4, -0.2) is 24.7 Å². The van der Waals surface area contributed by atoms with Crippen LogP contribution in [0, 0.1) is 21.8 Å². The van der Waals surface area contributed by atoms with E-state index in [9.17, 15) is 14.5 Å². The summed E-state index contributed by atoms with van der Waals surface area (Å²) < 4.78 is 18.5. The Morgan fingerprint density at radius 3 is 3.00 bits per heavy atom. The van der Waals surface area contributed by atoms with Crippen molar-refractivity contribution in [2.24, 2.45) is 5.92 Å². The molecular weight excluding hydrogens is 227 g/mol. The number of benzene rings is 1. The second kappa shape index (κ2) is 5.09. The average Bonchev–Trinajstić information content (AvgIpc) is 2.78. The van der Waals surface area contributed by atoms with Gasteiger partial charge in [0, 0.05) is 36.9 Å². The summed E-state index contributed by atoms with van der Waals surface area (Å²) in [7, 11) is 0. The fourth-order valence-corrected chi connectivity index (χ4v) is 1.77. The Labute approximate surface area is 97.7 Å². The number of hydrogen-bond acceptors (Lipinski definition) is 4. The van der Waals surface area contributed by atoms with Gasteiger partial charge in [-0.15, -0.1) is 0 Å².